The molecule has 0 heterocycles. The molecule has 6 N–H and O–H groups in total. The third kappa shape index (κ3) is 185. The van der Waals surface area contributed by atoms with Gasteiger partial charge in [0.15, 0.2) is 0 Å². The van der Waals surface area contributed by atoms with Gasteiger partial charge in [-0.2, -0.15) is 0 Å². The molecule has 0 saturated heterocycles. The Hall–Kier alpha value is 2.87. The van der Waals surface area contributed by atoms with Gasteiger partial charge >= 0.3 is 84.1 Å². The molecule has 0 aliphatic rings. The summed E-state index contributed by atoms with van der Waals surface area (Å²) in [5.41, 5.74) is 0. The Labute approximate surface area is 99.2 Å². The zero-order valence-corrected chi connectivity index (χ0v) is 12.5. The molecule has 0 spiro atoms. The summed E-state index contributed by atoms with van der Waals surface area (Å²) in [4.78, 5) is 0. The summed E-state index contributed by atoms with van der Waals surface area (Å²) in [5.74, 6) is 0. The standard InChI is InChI=1S/6ClH.3H2O.2Ru/h6*1H;3*1H2;;/q;;;;;;;;;2*+3/p-6. The second kappa shape index (κ2) is 23.0. The zero-order valence-electron chi connectivity index (χ0n) is 4.47. The topological polar surface area (TPSA) is 94.5 Å². The zero-order chi connectivity index (χ0) is 7.15. The van der Waals surface area contributed by atoms with Gasteiger partial charge in [-0.1, -0.05) is 0 Å². The van der Waals surface area contributed by atoms with E-state index in [1.54, 1.807) is 0 Å². The maximum atomic E-state index is 4.95. The molecule has 0 rings (SSSR count). The summed E-state index contributed by atoms with van der Waals surface area (Å²) in [6, 6.07) is 0. The Kier molecular flexibility index (Phi) is 61.2. The maximum absolute atomic E-state index is 4.95. The van der Waals surface area contributed by atoms with Gasteiger partial charge in [0, 0.05) is 0 Å². The van der Waals surface area contributed by atoms with Crippen LogP contribution in [0, 0.1) is 0 Å². The number of hydrogen-bond acceptors (Lipinski definition) is 0. The van der Waals surface area contributed by atoms with Gasteiger partial charge in [-0.15, -0.1) is 0 Å². The van der Waals surface area contributed by atoms with E-state index in [1.165, 1.54) is 0 Å². The van der Waals surface area contributed by atoms with E-state index in [-0.39, 0.29) is 16.4 Å². The first-order valence-electron chi connectivity index (χ1n) is 0.802. The molecule has 0 radical (unpaired) electrons. The van der Waals surface area contributed by atoms with Gasteiger partial charge in [0.05, 0.1) is 0 Å². The number of rotatable bonds is 0. The predicted molar refractivity (Wildman–Crippen MR) is 46.0 cm³/mol. The average Bonchev–Trinajstić information content (AvgIpc) is 1.25. The SMILES string of the molecule is O.O.O.[Cl][Ru]([Cl])[Cl].[Cl][Ru]([Cl])[Cl]. The molecule has 0 unspecified atom stereocenters. The van der Waals surface area contributed by atoms with Crippen molar-refractivity contribution in [2.75, 3.05) is 0 Å². The van der Waals surface area contributed by atoms with Gasteiger partial charge < -0.3 is 16.4 Å². The molecule has 0 saturated carbocycles. The Balaban J connectivity index is -0.0000000171. The van der Waals surface area contributed by atoms with Gasteiger partial charge in [0.25, 0.3) is 0 Å². The fraction of sp³-hybridized carbons (Fsp3) is 0. The number of hydrogen-bond donors (Lipinski definition) is 0. The molecule has 0 atom stereocenters. The second-order valence-corrected chi connectivity index (χ2v) is 16.1. The molecule has 3 nitrogen and oxygen atoms in total. The molecule has 0 fully saturated rings. The van der Waals surface area contributed by atoms with Crippen molar-refractivity contribution in [2.45, 2.75) is 0 Å². The van der Waals surface area contributed by atoms with Crippen LogP contribution >= 0.6 is 58.1 Å². The fourth-order valence-electron chi connectivity index (χ4n) is 0. The van der Waals surface area contributed by atoms with Crippen LogP contribution in [0.25, 0.3) is 0 Å². The van der Waals surface area contributed by atoms with Gasteiger partial charge in [0.2, 0.25) is 0 Å². The van der Waals surface area contributed by atoms with E-state index < -0.39 is 26.0 Å². The van der Waals surface area contributed by atoms with Gasteiger partial charge in [0.1, 0.15) is 0 Å². The van der Waals surface area contributed by atoms with Crippen molar-refractivity contribution in [3.8, 4) is 0 Å². The average molecular weight is 469 g/mol. The van der Waals surface area contributed by atoms with Crippen LogP contribution in [-0.2, 0) is 26.0 Å². The van der Waals surface area contributed by atoms with Crippen LogP contribution in [0.5, 0.6) is 0 Å². The normalized spacial score (nSPS) is 8.18. The second-order valence-electron chi connectivity index (χ2n) is 0.303. The van der Waals surface area contributed by atoms with E-state index in [0.717, 1.165) is 0 Å². The summed E-state index contributed by atoms with van der Waals surface area (Å²) in [7, 11) is 29.7. The summed E-state index contributed by atoms with van der Waals surface area (Å²) in [5, 5.41) is 0. The molecule has 0 aromatic heterocycles. The van der Waals surface area contributed by atoms with E-state index in [9.17, 15) is 0 Å². The quantitative estimate of drug-likeness (QED) is 0.483. The first-order chi connectivity index (χ1) is 3.46. The molecule has 0 aromatic rings. The van der Waals surface area contributed by atoms with Crippen LogP contribution in [0.1, 0.15) is 0 Å². The Morgan fingerprint density at radius 1 is 0.455 bits per heavy atom. The third-order valence-corrected chi connectivity index (χ3v) is 0. The van der Waals surface area contributed by atoms with E-state index in [0.29, 0.717) is 0 Å². The molecule has 11 heavy (non-hydrogen) atoms. The molecule has 0 bridgehead atoms. The van der Waals surface area contributed by atoms with E-state index in [1.807, 2.05) is 0 Å². The predicted octanol–water partition coefficient (Wildman–Crippen LogP) is 1.66. The van der Waals surface area contributed by atoms with Crippen LogP contribution in [0.15, 0.2) is 0 Å². The fourth-order valence-corrected chi connectivity index (χ4v) is 0. The Morgan fingerprint density at radius 3 is 0.455 bits per heavy atom. The summed E-state index contributed by atoms with van der Waals surface area (Å²) in [6.45, 7) is 0. The van der Waals surface area contributed by atoms with Gasteiger partial charge in [-0.25, -0.2) is 0 Å². The Morgan fingerprint density at radius 2 is 0.455 bits per heavy atom. The van der Waals surface area contributed by atoms with Crippen LogP contribution < -0.4 is 0 Å². The summed E-state index contributed by atoms with van der Waals surface area (Å²) < 4.78 is 0. The van der Waals surface area contributed by atoms with Crippen molar-refractivity contribution in [2.24, 2.45) is 0 Å². The minimum atomic E-state index is -1.75. The minimum absolute atomic E-state index is 0. The third-order valence-electron chi connectivity index (χ3n) is 0. The Bertz CT molecular complexity index is 31.3. The van der Waals surface area contributed by atoms with Gasteiger partial charge in [-0.05, 0) is 0 Å². The summed E-state index contributed by atoms with van der Waals surface area (Å²) >= 11 is -3.51. The molecule has 0 aliphatic carbocycles. The van der Waals surface area contributed by atoms with E-state index >= 15 is 0 Å². The van der Waals surface area contributed by atoms with Crippen molar-refractivity contribution in [1.82, 2.24) is 0 Å². The van der Waals surface area contributed by atoms with Crippen LogP contribution in [0.2, 0.25) is 0 Å². The first-order valence-corrected chi connectivity index (χ1v) is 14.2. The molecule has 11 heteroatoms. The van der Waals surface area contributed by atoms with Crippen molar-refractivity contribution in [1.29, 1.82) is 0 Å². The summed E-state index contributed by atoms with van der Waals surface area (Å²) in [6.07, 6.45) is 0. The van der Waals surface area contributed by atoms with Crippen LogP contribution in [0.4, 0.5) is 0 Å². The van der Waals surface area contributed by atoms with Crippen molar-refractivity contribution >= 4 is 58.1 Å². The molecular formula is H6Cl6O3Ru2. The van der Waals surface area contributed by atoms with Crippen LogP contribution in [-0.4, -0.2) is 16.4 Å². The van der Waals surface area contributed by atoms with Gasteiger partial charge in [-0.3, -0.25) is 0 Å². The molecule has 82 valence electrons. The molecule has 0 aromatic carbocycles. The van der Waals surface area contributed by atoms with E-state index in [2.05, 4.69) is 0 Å². The monoisotopic (exact) mass is 468 g/mol. The van der Waals surface area contributed by atoms with E-state index in [4.69, 9.17) is 58.1 Å². The molecule has 0 aliphatic heterocycles. The molecular weight excluding hydrogens is 463 g/mol. The molecule has 0 amide bonds. The van der Waals surface area contributed by atoms with Crippen molar-refractivity contribution in [3.63, 3.8) is 0 Å². The number of halogens is 6. The van der Waals surface area contributed by atoms with Crippen molar-refractivity contribution < 1.29 is 42.4 Å². The van der Waals surface area contributed by atoms with Crippen molar-refractivity contribution in [3.05, 3.63) is 0 Å². The van der Waals surface area contributed by atoms with Crippen LogP contribution in [0.3, 0.4) is 0 Å². The first kappa shape index (κ1) is 29.2.